The predicted octanol–water partition coefficient (Wildman–Crippen LogP) is 2.95. The van der Waals surface area contributed by atoms with Gasteiger partial charge in [0.2, 0.25) is 0 Å². The van der Waals surface area contributed by atoms with E-state index in [1.165, 1.54) is 0 Å². The molecule has 0 saturated heterocycles. The van der Waals surface area contributed by atoms with Gasteiger partial charge >= 0.3 is 0 Å². The Morgan fingerprint density at radius 1 is 1.00 bits per heavy atom. The van der Waals surface area contributed by atoms with Crippen LogP contribution < -0.4 is 0 Å². The van der Waals surface area contributed by atoms with Gasteiger partial charge in [0.05, 0.1) is 5.60 Å². The predicted molar refractivity (Wildman–Crippen MR) is 52.5 cm³/mol. The Balaban J connectivity index is 2.81. The van der Waals surface area contributed by atoms with Crippen LogP contribution >= 0.6 is 11.6 Å². The lowest BCUT2D eigenvalue weighted by Gasteiger charge is -2.46. The Kier molecular flexibility index (Phi) is 2.25. The lowest BCUT2D eigenvalue weighted by molar-refractivity contribution is -0.0366. The van der Waals surface area contributed by atoms with Crippen LogP contribution in [0.4, 0.5) is 0 Å². The molecule has 2 atom stereocenters. The quantitative estimate of drug-likeness (QED) is 0.583. The van der Waals surface area contributed by atoms with Crippen LogP contribution in [-0.2, 0) is 0 Å². The minimum absolute atomic E-state index is 0.165. The topological polar surface area (TPSA) is 20.2 Å². The maximum absolute atomic E-state index is 9.96. The van der Waals surface area contributed by atoms with Crippen LogP contribution in [-0.4, -0.2) is 15.6 Å². The smallest absolute Gasteiger partial charge is 0.0641 e. The molecule has 2 heteroatoms. The summed E-state index contributed by atoms with van der Waals surface area (Å²) in [7, 11) is 0. The van der Waals surface area contributed by atoms with Crippen LogP contribution in [0, 0.1) is 5.41 Å². The molecule has 72 valence electrons. The van der Waals surface area contributed by atoms with E-state index in [1.54, 1.807) is 0 Å². The van der Waals surface area contributed by atoms with Gasteiger partial charge in [0.15, 0.2) is 0 Å². The molecule has 12 heavy (non-hydrogen) atoms. The Morgan fingerprint density at radius 3 is 1.83 bits per heavy atom. The highest BCUT2D eigenvalue weighted by molar-refractivity contribution is 6.23. The van der Waals surface area contributed by atoms with Crippen molar-refractivity contribution in [3.8, 4) is 0 Å². The lowest BCUT2D eigenvalue weighted by atomic mass is 9.66. The fourth-order valence-corrected chi connectivity index (χ4v) is 3.66. The number of aliphatic hydroxyl groups is 1. The van der Waals surface area contributed by atoms with E-state index in [4.69, 9.17) is 11.6 Å². The lowest BCUT2D eigenvalue weighted by Crippen LogP contribution is -2.46. The monoisotopic (exact) mass is 190 g/mol. The highest BCUT2D eigenvalue weighted by Crippen LogP contribution is 2.48. The zero-order chi connectivity index (χ0) is 9.62. The second-order valence-corrected chi connectivity index (χ2v) is 6.52. The molecule has 1 N–H and O–H groups in total. The molecule has 0 bridgehead atoms. The minimum Gasteiger partial charge on any atom is -0.390 e. The van der Waals surface area contributed by atoms with Gasteiger partial charge in [-0.1, -0.05) is 13.8 Å². The zero-order valence-electron chi connectivity index (χ0n) is 8.45. The van der Waals surface area contributed by atoms with Crippen LogP contribution in [0.25, 0.3) is 0 Å². The Morgan fingerprint density at radius 2 is 1.50 bits per heavy atom. The number of halogens is 1. The van der Waals surface area contributed by atoms with Crippen LogP contribution in [0.2, 0.25) is 0 Å². The molecule has 1 saturated carbocycles. The molecule has 0 aliphatic heterocycles. The number of rotatable bonds is 0. The Hall–Kier alpha value is 0.250. The first kappa shape index (κ1) is 10.3. The average molecular weight is 191 g/mol. The highest BCUT2D eigenvalue weighted by atomic mass is 35.5. The first-order chi connectivity index (χ1) is 5.12. The molecule has 0 amide bonds. The molecule has 0 aromatic rings. The van der Waals surface area contributed by atoms with Crippen LogP contribution in [0.5, 0.6) is 0 Å². The normalized spacial score (nSPS) is 47.5. The second kappa shape index (κ2) is 2.62. The van der Waals surface area contributed by atoms with Crippen molar-refractivity contribution in [2.45, 2.75) is 57.4 Å². The van der Waals surface area contributed by atoms with Crippen molar-refractivity contribution in [3.05, 3.63) is 0 Å². The molecule has 1 aliphatic rings. The fourth-order valence-electron chi connectivity index (χ4n) is 3.01. The third-order valence-electron chi connectivity index (χ3n) is 2.46. The summed E-state index contributed by atoms with van der Waals surface area (Å²) in [6.45, 7) is 8.24. The van der Waals surface area contributed by atoms with E-state index >= 15 is 0 Å². The fraction of sp³-hybridized carbons (Fsp3) is 1.00. The van der Waals surface area contributed by atoms with Gasteiger partial charge in [-0.15, -0.1) is 11.6 Å². The molecule has 0 heterocycles. The number of alkyl halides is 1. The van der Waals surface area contributed by atoms with Gasteiger partial charge < -0.3 is 5.11 Å². The minimum atomic E-state index is -0.585. The van der Waals surface area contributed by atoms with Gasteiger partial charge in [0.1, 0.15) is 0 Å². The first-order valence-corrected chi connectivity index (χ1v) is 4.91. The summed E-state index contributed by atoms with van der Waals surface area (Å²) in [4.78, 5) is -0.231. The second-order valence-electron chi connectivity index (χ2n) is 5.60. The maximum atomic E-state index is 9.96. The van der Waals surface area contributed by atoms with Crippen LogP contribution in [0.1, 0.15) is 47.0 Å². The Labute approximate surface area is 80.1 Å². The standard InChI is InChI=1S/C10H19ClO/c1-8(2)5-9(3,11)7-10(4,12)6-8/h12H,5-7H2,1-4H3/t9-,10+/m0/s1. The molecule has 0 unspecified atom stereocenters. The SMILES string of the molecule is CC1(C)C[C@@](C)(O)C[C@@](C)(Cl)C1. The molecule has 0 spiro atoms. The molecule has 0 aromatic heterocycles. The molecule has 0 radical (unpaired) electrons. The molecular weight excluding hydrogens is 172 g/mol. The molecule has 1 nitrogen and oxygen atoms in total. The van der Waals surface area contributed by atoms with Gasteiger partial charge in [-0.2, -0.15) is 0 Å². The molecule has 1 rings (SSSR count). The number of hydrogen-bond acceptors (Lipinski definition) is 1. The molecule has 1 aliphatic carbocycles. The van der Waals surface area contributed by atoms with Crippen LogP contribution in [0.15, 0.2) is 0 Å². The third-order valence-corrected chi connectivity index (χ3v) is 2.72. The van der Waals surface area contributed by atoms with Crippen molar-refractivity contribution in [1.29, 1.82) is 0 Å². The number of hydrogen-bond donors (Lipinski definition) is 1. The van der Waals surface area contributed by atoms with Gasteiger partial charge in [-0.05, 0) is 38.5 Å². The zero-order valence-corrected chi connectivity index (χ0v) is 9.20. The summed E-state index contributed by atoms with van der Waals surface area (Å²) in [5.74, 6) is 0. The first-order valence-electron chi connectivity index (χ1n) is 4.53. The van der Waals surface area contributed by atoms with E-state index in [0.717, 1.165) is 12.8 Å². The van der Waals surface area contributed by atoms with E-state index in [2.05, 4.69) is 13.8 Å². The summed E-state index contributed by atoms with van der Waals surface area (Å²) < 4.78 is 0. The third kappa shape index (κ3) is 2.63. The largest absolute Gasteiger partial charge is 0.390 e. The Bertz CT molecular complexity index is 137. The summed E-state index contributed by atoms with van der Waals surface area (Å²) in [5.41, 5.74) is -0.420. The van der Waals surface area contributed by atoms with Gasteiger partial charge in [0, 0.05) is 4.87 Å². The van der Waals surface area contributed by atoms with Crippen molar-refractivity contribution in [2.75, 3.05) is 0 Å². The van der Waals surface area contributed by atoms with Crippen molar-refractivity contribution >= 4 is 11.6 Å². The van der Waals surface area contributed by atoms with Crippen molar-refractivity contribution in [3.63, 3.8) is 0 Å². The van der Waals surface area contributed by atoms with Crippen molar-refractivity contribution in [1.82, 2.24) is 0 Å². The van der Waals surface area contributed by atoms with Crippen LogP contribution in [0.3, 0.4) is 0 Å². The molecular formula is C10H19ClO. The van der Waals surface area contributed by atoms with Gasteiger partial charge in [-0.3, -0.25) is 0 Å². The molecule has 1 fully saturated rings. The molecule has 0 aromatic carbocycles. The van der Waals surface area contributed by atoms with E-state index in [9.17, 15) is 5.11 Å². The van der Waals surface area contributed by atoms with E-state index in [0.29, 0.717) is 6.42 Å². The summed E-state index contributed by atoms with van der Waals surface area (Å²) in [5, 5.41) is 9.96. The summed E-state index contributed by atoms with van der Waals surface area (Å²) >= 11 is 6.28. The van der Waals surface area contributed by atoms with Gasteiger partial charge in [-0.25, -0.2) is 0 Å². The van der Waals surface area contributed by atoms with Crippen molar-refractivity contribution < 1.29 is 5.11 Å². The highest BCUT2D eigenvalue weighted by Gasteiger charge is 2.45. The maximum Gasteiger partial charge on any atom is 0.0641 e. The summed E-state index contributed by atoms with van der Waals surface area (Å²) in [6.07, 6.45) is 2.53. The van der Waals surface area contributed by atoms with E-state index < -0.39 is 5.60 Å². The van der Waals surface area contributed by atoms with Gasteiger partial charge in [0.25, 0.3) is 0 Å². The average Bonchev–Trinajstić information content (AvgIpc) is 1.44. The van der Waals surface area contributed by atoms with E-state index in [1.807, 2.05) is 13.8 Å². The van der Waals surface area contributed by atoms with E-state index in [-0.39, 0.29) is 10.3 Å². The summed E-state index contributed by atoms with van der Waals surface area (Å²) in [6, 6.07) is 0. The van der Waals surface area contributed by atoms with Crippen molar-refractivity contribution in [2.24, 2.45) is 5.41 Å².